The van der Waals surface area contributed by atoms with Gasteiger partial charge in [0.05, 0.1) is 11.2 Å². The summed E-state index contributed by atoms with van der Waals surface area (Å²) in [5.74, 6) is 0.306. The van der Waals surface area contributed by atoms with Gasteiger partial charge in [-0.1, -0.05) is 13.3 Å². The van der Waals surface area contributed by atoms with Crippen LogP contribution in [-0.2, 0) is 12.0 Å². The average molecular weight is 196 g/mol. The van der Waals surface area contributed by atoms with E-state index in [1.54, 1.807) is 4.68 Å². The van der Waals surface area contributed by atoms with Crippen LogP contribution in [0, 0.1) is 6.92 Å². The van der Waals surface area contributed by atoms with Crippen LogP contribution in [0.4, 0.5) is 0 Å². The van der Waals surface area contributed by atoms with Crippen molar-refractivity contribution in [2.45, 2.75) is 53.0 Å². The van der Waals surface area contributed by atoms with Crippen molar-refractivity contribution in [2.75, 3.05) is 0 Å². The molecule has 0 saturated heterocycles. The second kappa shape index (κ2) is 3.64. The van der Waals surface area contributed by atoms with Crippen LogP contribution in [0.2, 0.25) is 0 Å². The van der Waals surface area contributed by atoms with Crippen molar-refractivity contribution in [1.82, 2.24) is 9.78 Å². The quantitative estimate of drug-likeness (QED) is 0.789. The highest BCUT2D eigenvalue weighted by Gasteiger charge is 2.21. The molecule has 1 N–H and O–H groups in total. The minimum Gasteiger partial charge on any atom is -0.493 e. The SMILES string of the molecule is CCCc1nn(C(C)(C)C)c(O)c1C. The normalized spacial score (nSPS) is 12.1. The van der Waals surface area contributed by atoms with Crippen LogP contribution in [0.1, 0.15) is 45.4 Å². The van der Waals surface area contributed by atoms with Crippen LogP contribution in [0.15, 0.2) is 0 Å². The standard InChI is InChI=1S/C11H20N2O/c1-6-7-9-8(2)10(14)13(12-9)11(3,4)5/h14H,6-7H2,1-5H3. The first kappa shape index (κ1) is 11.1. The monoisotopic (exact) mass is 196 g/mol. The molecular weight excluding hydrogens is 176 g/mol. The first-order valence-corrected chi connectivity index (χ1v) is 5.16. The van der Waals surface area contributed by atoms with Gasteiger partial charge in [-0.3, -0.25) is 0 Å². The fourth-order valence-electron chi connectivity index (χ4n) is 1.47. The first-order valence-electron chi connectivity index (χ1n) is 5.16. The highest BCUT2D eigenvalue weighted by atomic mass is 16.3. The predicted molar refractivity (Wildman–Crippen MR) is 57.6 cm³/mol. The lowest BCUT2D eigenvalue weighted by molar-refractivity contribution is 0.293. The Hall–Kier alpha value is -0.990. The van der Waals surface area contributed by atoms with E-state index in [1.165, 1.54) is 0 Å². The maximum absolute atomic E-state index is 9.88. The molecule has 1 aromatic heterocycles. The lowest BCUT2D eigenvalue weighted by atomic mass is 10.1. The average Bonchev–Trinajstić information content (AvgIpc) is 2.32. The Morgan fingerprint density at radius 3 is 2.29 bits per heavy atom. The van der Waals surface area contributed by atoms with Crippen LogP contribution in [-0.4, -0.2) is 14.9 Å². The molecule has 0 bridgehead atoms. The van der Waals surface area contributed by atoms with Crippen molar-refractivity contribution in [3.8, 4) is 5.88 Å². The third-order valence-electron chi connectivity index (χ3n) is 2.31. The van der Waals surface area contributed by atoms with Crippen LogP contribution in [0.3, 0.4) is 0 Å². The molecule has 1 aromatic rings. The summed E-state index contributed by atoms with van der Waals surface area (Å²) in [5, 5.41) is 14.3. The fourth-order valence-corrected chi connectivity index (χ4v) is 1.47. The van der Waals surface area contributed by atoms with E-state index in [1.807, 2.05) is 27.7 Å². The molecule has 0 spiro atoms. The maximum atomic E-state index is 9.88. The van der Waals surface area contributed by atoms with Gasteiger partial charge in [-0.2, -0.15) is 5.10 Å². The molecule has 1 heterocycles. The van der Waals surface area contributed by atoms with Gasteiger partial charge in [0.25, 0.3) is 0 Å². The van der Waals surface area contributed by atoms with E-state index >= 15 is 0 Å². The molecule has 1 rings (SSSR count). The van der Waals surface area contributed by atoms with Crippen LogP contribution < -0.4 is 0 Å². The molecule has 0 atom stereocenters. The Labute approximate surface area is 85.8 Å². The summed E-state index contributed by atoms with van der Waals surface area (Å²) in [4.78, 5) is 0. The number of aromatic hydroxyl groups is 1. The topological polar surface area (TPSA) is 38.0 Å². The Kier molecular flexibility index (Phi) is 2.88. The molecule has 0 fully saturated rings. The second-order valence-electron chi connectivity index (χ2n) is 4.73. The number of hydrogen-bond acceptors (Lipinski definition) is 2. The van der Waals surface area contributed by atoms with Gasteiger partial charge in [-0.15, -0.1) is 0 Å². The van der Waals surface area contributed by atoms with Crippen molar-refractivity contribution in [1.29, 1.82) is 0 Å². The molecule has 3 heteroatoms. The zero-order valence-electron chi connectivity index (χ0n) is 9.76. The molecule has 0 unspecified atom stereocenters. The summed E-state index contributed by atoms with van der Waals surface area (Å²) in [7, 11) is 0. The Morgan fingerprint density at radius 2 is 1.93 bits per heavy atom. The summed E-state index contributed by atoms with van der Waals surface area (Å²) in [6, 6.07) is 0. The van der Waals surface area contributed by atoms with Crippen LogP contribution in [0.5, 0.6) is 5.88 Å². The van der Waals surface area contributed by atoms with E-state index in [0.29, 0.717) is 5.88 Å². The largest absolute Gasteiger partial charge is 0.493 e. The Balaban J connectivity index is 3.15. The summed E-state index contributed by atoms with van der Waals surface area (Å²) < 4.78 is 1.70. The van der Waals surface area contributed by atoms with Crippen LogP contribution in [0.25, 0.3) is 0 Å². The molecule has 14 heavy (non-hydrogen) atoms. The molecule has 80 valence electrons. The van der Waals surface area contributed by atoms with Gasteiger partial charge in [0.15, 0.2) is 0 Å². The summed E-state index contributed by atoms with van der Waals surface area (Å²) >= 11 is 0. The predicted octanol–water partition coefficient (Wildman–Crippen LogP) is 2.60. The van der Waals surface area contributed by atoms with E-state index in [9.17, 15) is 5.11 Å². The molecule has 0 aliphatic heterocycles. The number of rotatable bonds is 2. The van der Waals surface area contributed by atoms with Gasteiger partial charge in [-0.05, 0) is 34.1 Å². The molecule has 0 aromatic carbocycles. The number of aryl methyl sites for hydroxylation is 1. The minimum absolute atomic E-state index is 0.152. The molecule has 0 aliphatic carbocycles. The lowest BCUT2D eigenvalue weighted by Gasteiger charge is -2.19. The number of nitrogens with zero attached hydrogens (tertiary/aromatic N) is 2. The highest BCUT2D eigenvalue weighted by Crippen LogP contribution is 2.27. The number of hydrogen-bond donors (Lipinski definition) is 1. The van der Waals surface area contributed by atoms with Gasteiger partial charge in [0.1, 0.15) is 0 Å². The third-order valence-corrected chi connectivity index (χ3v) is 2.31. The first-order chi connectivity index (χ1) is 6.38. The van der Waals surface area contributed by atoms with Crippen molar-refractivity contribution in [3.63, 3.8) is 0 Å². The highest BCUT2D eigenvalue weighted by molar-refractivity contribution is 5.29. The summed E-state index contributed by atoms with van der Waals surface area (Å²) in [6.45, 7) is 10.2. The third kappa shape index (κ3) is 1.91. The zero-order valence-corrected chi connectivity index (χ0v) is 9.76. The van der Waals surface area contributed by atoms with Crippen molar-refractivity contribution in [3.05, 3.63) is 11.3 Å². The summed E-state index contributed by atoms with van der Waals surface area (Å²) in [5.41, 5.74) is 1.78. The fraction of sp³-hybridized carbons (Fsp3) is 0.727. The minimum atomic E-state index is -0.152. The zero-order chi connectivity index (χ0) is 10.9. The Morgan fingerprint density at radius 1 is 1.36 bits per heavy atom. The van der Waals surface area contributed by atoms with Crippen molar-refractivity contribution >= 4 is 0 Å². The molecule has 0 saturated carbocycles. The van der Waals surface area contributed by atoms with E-state index in [0.717, 1.165) is 24.1 Å². The van der Waals surface area contributed by atoms with Crippen molar-refractivity contribution in [2.24, 2.45) is 0 Å². The summed E-state index contributed by atoms with van der Waals surface area (Å²) in [6.07, 6.45) is 1.99. The van der Waals surface area contributed by atoms with Crippen molar-refractivity contribution < 1.29 is 5.11 Å². The maximum Gasteiger partial charge on any atom is 0.213 e. The van der Waals surface area contributed by atoms with E-state index in [4.69, 9.17) is 0 Å². The van der Waals surface area contributed by atoms with E-state index in [2.05, 4.69) is 12.0 Å². The molecular formula is C11H20N2O. The van der Waals surface area contributed by atoms with E-state index < -0.39 is 0 Å². The molecule has 0 aliphatic rings. The van der Waals surface area contributed by atoms with Crippen LogP contribution >= 0.6 is 0 Å². The lowest BCUT2D eigenvalue weighted by Crippen LogP contribution is -2.22. The van der Waals surface area contributed by atoms with Gasteiger partial charge < -0.3 is 5.11 Å². The van der Waals surface area contributed by atoms with Gasteiger partial charge in [0, 0.05) is 5.56 Å². The molecule has 0 amide bonds. The van der Waals surface area contributed by atoms with Gasteiger partial charge >= 0.3 is 0 Å². The number of aromatic nitrogens is 2. The van der Waals surface area contributed by atoms with Gasteiger partial charge in [0.2, 0.25) is 5.88 Å². The molecule has 3 nitrogen and oxygen atoms in total. The van der Waals surface area contributed by atoms with E-state index in [-0.39, 0.29) is 5.54 Å². The second-order valence-corrected chi connectivity index (χ2v) is 4.73. The Bertz CT molecular complexity index is 321. The van der Waals surface area contributed by atoms with Gasteiger partial charge in [-0.25, -0.2) is 4.68 Å². The smallest absolute Gasteiger partial charge is 0.213 e. The molecule has 0 radical (unpaired) electrons.